The molecule has 28 heavy (non-hydrogen) atoms. The van der Waals surface area contributed by atoms with E-state index < -0.39 is 29.9 Å². The van der Waals surface area contributed by atoms with Gasteiger partial charge in [0.1, 0.15) is 6.29 Å². The van der Waals surface area contributed by atoms with Gasteiger partial charge in [-0.15, -0.1) is 0 Å². The Kier molecular flexibility index (Phi) is 5.97. The van der Waals surface area contributed by atoms with Crippen molar-refractivity contribution in [3.8, 4) is 0 Å². The third-order valence-electron chi connectivity index (χ3n) is 5.36. The number of aliphatic hydroxyl groups is 1. The summed E-state index contributed by atoms with van der Waals surface area (Å²) in [6.45, 7) is 1.69. The standard InChI is InChI=1S/C18H26F3N5O2/c1-4-13(10-5-7-11(8-6-10)18(19,20)21)26-15-14(12(9-27)24-26)16(28)23-17(22-15)25(2)3/h5-8,12-15,17,22,24,27H,4,9H2,1-3H3,(H,23,28). The number of hydrogen-bond acceptors (Lipinski definition) is 6. The topological polar surface area (TPSA) is 79.9 Å². The Morgan fingerprint density at radius 2 is 1.89 bits per heavy atom. The molecule has 4 N–H and O–H groups in total. The Balaban J connectivity index is 1.89. The molecule has 3 rings (SSSR count). The van der Waals surface area contributed by atoms with Gasteiger partial charge in [-0.1, -0.05) is 19.1 Å². The number of fused-ring (bicyclic) bond motifs is 1. The van der Waals surface area contributed by atoms with Crippen LogP contribution in [0.4, 0.5) is 13.2 Å². The number of alkyl halides is 3. The molecule has 5 atom stereocenters. The molecule has 1 aromatic carbocycles. The molecule has 2 aliphatic heterocycles. The zero-order valence-corrected chi connectivity index (χ0v) is 16.0. The Labute approximate surface area is 161 Å². The highest BCUT2D eigenvalue weighted by atomic mass is 19.4. The third kappa shape index (κ3) is 3.87. The van der Waals surface area contributed by atoms with E-state index in [2.05, 4.69) is 16.1 Å². The summed E-state index contributed by atoms with van der Waals surface area (Å²) in [7, 11) is 3.64. The fraction of sp³-hybridized carbons (Fsp3) is 0.611. The van der Waals surface area contributed by atoms with Crippen molar-refractivity contribution in [2.24, 2.45) is 5.92 Å². The molecule has 0 saturated carbocycles. The van der Waals surface area contributed by atoms with Crippen LogP contribution in [-0.4, -0.2) is 60.1 Å². The second kappa shape index (κ2) is 7.96. The highest BCUT2D eigenvalue weighted by Crippen LogP contribution is 2.35. The molecule has 7 nitrogen and oxygen atoms in total. The Hall–Kier alpha value is -1.72. The predicted molar refractivity (Wildman–Crippen MR) is 96.4 cm³/mol. The zero-order valence-electron chi connectivity index (χ0n) is 16.0. The van der Waals surface area contributed by atoms with Gasteiger partial charge in [0, 0.05) is 0 Å². The molecule has 2 fully saturated rings. The number of rotatable bonds is 5. The minimum atomic E-state index is -4.39. The van der Waals surface area contributed by atoms with Crippen LogP contribution in [0, 0.1) is 5.92 Å². The van der Waals surface area contributed by atoms with E-state index in [0.717, 1.165) is 12.1 Å². The van der Waals surface area contributed by atoms with Crippen LogP contribution >= 0.6 is 0 Å². The minimum absolute atomic E-state index is 0.182. The summed E-state index contributed by atoms with van der Waals surface area (Å²) < 4.78 is 38.6. The summed E-state index contributed by atoms with van der Waals surface area (Å²) in [5.74, 6) is -0.705. The normalized spacial score (nSPS) is 29.6. The van der Waals surface area contributed by atoms with E-state index in [1.807, 2.05) is 30.9 Å². The number of nitrogens with zero attached hydrogens (tertiary/aromatic N) is 2. The molecule has 0 spiro atoms. The maximum atomic E-state index is 12.9. The largest absolute Gasteiger partial charge is 0.416 e. The van der Waals surface area contributed by atoms with Crippen LogP contribution in [0.15, 0.2) is 24.3 Å². The van der Waals surface area contributed by atoms with Crippen molar-refractivity contribution in [1.82, 2.24) is 26.0 Å². The van der Waals surface area contributed by atoms with Gasteiger partial charge < -0.3 is 10.4 Å². The van der Waals surface area contributed by atoms with Gasteiger partial charge in [0.05, 0.1) is 36.3 Å². The van der Waals surface area contributed by atoms with Crippen LogP contribution in [-0.2, 0) is 11.0 Å². The van der Waals surface area contributed by atoms with Crippen molar-refractivity contribution in [1.29, 1.82) is 0 Å². The Morgan fingerprint density at radius 3 is 2.39 bits per heavy atom. The third-order valence-corrected chi connectivity index (χ3v) is 5.36. The first kappa shape index (κ1) is 21.0. The fourth-order valence-corrected chi connectivity index (χ4v) is 3.89. The maximum Gasteiger partial charge on any atom is 0.416 e. The number of hydrazine groups is 1. The molecule has 0 bridgehead atoms. The molecule has 156 valence electrons. The van der Waals surface area contributed by atoms with Crippen molar-refractivity contribution < 1.29 is 23.1 Å². The average molecular weight is 401 g/mol. The van der Waals surface area contributed by atoms with Gasteiger partial charge in [-0.2, -0.15) is 13.2 Å². The summed E-state index contributed by atoms with van der Waals surface area (Å²) >= 11 is 0. The molecule has 5 unspecified atom stereocenters. The van der Waals surface area contributed by atoms with Crippen molar-refractivity contribution in [3.63, 3.8) is 0 Å². The van der Waals surface area contributed by atoms with Gasteiger partial charge in [-0.25, -0.2) is 10.4 Å². The van der Waals surface area contributed by atoms with Gasteiger partial charge in [-0.3, -0.25) is 15.0 Å². The summed E-state index contributed by atoms with van der Waals surface area (Å²) in [5, 5.41) is 17.8. The van der Waals surface area contributed by atoms with E-state index >= 15 is 0 Å². The highest BCUT2D eigenvalue weighted by Gasteiger charge is 2.51. The summed E-state index contributed by atoms with van der Waals surface area (Å²) in [6, 6.07) is 4.31. The van der Waals surface area contributed by atoms with Crippen LogP contribution in [0.2, 0.25) is 0 Å². The molecule has 2 saturated heterocycles. The van der Waals surface area contributed by atoms with Gasteiger partial charge in [0.2, 0.25) is 5.91 Å². The monoisotopic (exact) mass is 401 g/mol. The molecule has 2 heterocycles. The van der Waals surface area contributed by atoms with Crippen LogP contribution in [0.3, 0.4) is 0 Å². The first-order valence-electron chi connectivity index (χ1n) is 9.22. The van der Waals surface area contributed by atoms with E-state index in [9.17, 15) is 23.1 Å². The van der Waals surface area contributed by atoms with Crippen LogP contribution in [0.25, 0.3) is 0 Å². The number of nitrogens with one attached hydrogen (secondary N) is 3. The molecular formula is C18H26F3N5O2. The second-order valence-corrected chi connectivity index (χ2v) is 7.38. The first-order valence-corrected chi connectivity index (χ1v) is 9.22. The van der Waals surface area contributed by atoms with Gasteiger partial charge in [0.15, 0.2) is 0 Å². The Bertz CT molecular complexity index is 697. The van der Waals surface area contributed by atoms with Gasteiger partial charge >= 0.3 is 6.18 Å². The van der Waals surface area contributed by atoms with Gasteiger partial charge in [0.25, 0.3) is 0 Å². The van der Waals surface area contributed by atoms with E-state index in [0.29, 0.717) is 12.0 Å². The van der Waals surface area contributed by atoms with Crippen molar-refractivity contribution >= 4 is 5.91 Å². The SMILES string of the molecule is CCC(c1ccc(C(F)(F)F)cc1)N1NC(CO)C2C(=O)NC(N(C)C)NC21. The quantitative estimate of drug-likeness (QED) is 0.586. The molecule has 1 amide bonds. The number of halogens is 3. The zero-order chi connectivity index (χ0) is 20.6. The fourth-order valence-electron chi connectivity index (χ4n) is 3.89. The number of benzene rings is 1. The first-order chi connectivity index (χ1) is 13.2. The lowest BCUT2D eigenvalue weighted by atomic mass is 9.95. The van der Waals surface area contributed by atoms with E-state index in [-0.39, 0.29) is 24.8 Å². The summed E-state index contributed by atoms with van der Waals surface area (Å²) in [4.78, 5) is 14.4. The summed E-state index contributed by atoms with van der Waals surface area (Å²) in [6.07, 6.45) is -4.58. The van der Waals surface area contributed by atoms with Crippen molar-refractivity contribution in [3.05, 3.63) is 35.4 Å². The number of carbonyl (C=O) groups excluding carboxylic acids is 1. The second-order valence-electron chi connectivity index (χ2n) is 7.38. The summed E-state index contributed by atoms with van der Waals surface area (Å²) in [5.41, 5.74) is 3.19. The van der Waals surface area contributed by atoms with Crippen LogP contribution < -0.4 is 16.1 Å². The number of aliphatic hydroxyl groups excluding tert-OH is 1. The average Bonchev–Trinajstić information content (AvgIpc) is 3.01. The molecular weight excluding hydrogens is 375 g/mol. The van der Waals surface area contributed by atoms with Crippen LogP contribution in [0.5, 0.6) is 0 Å². The lowest BCUT2D eigenvalue weighted by Gasteiger charge is -2.41. The molecule has 10 heteroatoms. The lowest BCUT2D eigenvalue weighted by molar-refractivity contribution is -0.137. The number of hydrogen-bond donors (Lipinski definition) is 4. The number of amides is 1. The lowest BCUT2D eigenvalue weighted by Crippen LogP contribution is -2.68. The van der Waals surface area contributed by atoms with E-state index in [1.165, 1.54) is 12.1 Å². The predicted octanol–water partition coefficient (Wildman–Crippen LogP) is 0.845. The number of carbonyl (C=O) groups is 1. The van der Waals surface area contributed by atoms with E-state index in [1.54, 1.807) is 0 Å². The van der Waals surface area contributed by atoms with Crippen LogP contribution in [0.1, 0.15) is 30.5 Å². The highest BCUT2D eigenvalue weighted by molar-refractivity contribution is 5.81. The molecule has 0 aromatic heterocycles. The van der Waals surface area contributed by atoms with Crippen molar-refractivity contribution in [2.45, 2.75) is 44.1 Å². The Morgan fingerprint density at radius 1 is 1.25 bits per heavy atom. The molecule has 0 aliphatic carbocycles. The maximum absolute atomic E-state index is 12.9. The van der Waals surface area contributed by atoms with Gasteiger partial charge in [-0.05, 0) is 38.2 Å². The molecule has 1 aromatic rings. The minimum Gasteiger partial charge on any atom is -0.395 e. The molecule has 2 aliphatic rings. The van der Waals surface area contributed by atoms with Crippen molar-refractivity contribution in [2.75, 3.05) is 20.7 Å². The molecule has 0 radical (unpaired) electrons. The smallest absolute Gasteiger partial charge is 0.395 e. The van der Waals surface area contributed by atoms with E-state index in [4.69, 9.17) is 0 Å².